The zero-order valence-corrected chi connectivity index (χ0v) is 24.5. The third-order valence-electron chi connectivity index (χ3n) is 7.68. The van der Waals surface area contributed by atoms with Crippen molar-refractivity contribution in [1.82, 2.24) is 20.0 Å². The number of aliphatic hydroxyl groups excluding tert-OH is 2. The molecule has 0 aromatic heterocycles. The second-order valence-electron chi connectivity index (χ2n) is 11.8. The molecule has 4 N–H and O–H groups in total. The van der Waals surface area contributed by atoms with Crippen molar-refractivity contribution in [3.63, 3.8) is 0 Å². The van der Waals surface area contributed by atoms with Crippen molar-refractivity contribution in [2.75, 3.05) is 39.3 Å². The quantitative estimate of drug-likeness (QED) is 0.164. The normalized spacial score (nSPS) is 21.6. The van der Waals surface area contributed by atoms with Gasteiger partial charge in [-0.2, -0.15) is 0 Å². The number of hydrogen-bond donors (Lipinski definition) is 4. The van der Waals surface area contributed by atoms with Crippen molar-refractivity contribution in [1.29, 1.82) is 0 Å². The first kappa shape index (κ1) is 32.6. The summed E-state index contributed by atoms with van der Waals surface area (Å²) < 4.78 is 0. The van der Waals surface area contributed by atoms with Crippen LogP contribution in [0.15, 0.2) is 48.2 Å². The predicted octanol–water partition coefficient (Wildman–Crippen LogP) is 2.47. The van der Waals surface area contributed by atoms with Gasteiger partial charge in [0.2, 0.25) is 11.8 Å². The molecule has 10 nitrogen and oxygen atoms in total. The van der Waals surface area contributed by atoms with E-state index in [-0.39, 0.29) is 43.3 Å². The van der Waals surface area contributed by atoms with Gasteiger partial charge in [0.15, 0.2) is 0 Å². The first-order chi connectivity index (χ1) is 19.6. The van der Waals surface area contributed by atoms with Gasteiger partial charge in [-0.1, -0.05) is 50.3 Å². The van der Waals surface area contributed by atoms with Crippen LogP contribution in [0, 0.1) is 17.8 Å². The standard InChI is InChI=1S/C31H48N4O6/c1-23(2)17-33(19-27(36)32-26-15-7-4-8-16-26)28(37)20-34(22-30(39)40)29(38)21-35(18-24-11-5-3-6-12-24)31(41)25-13-9-10-14-25/h3-5,7,9,13,15,23-25,27-28,32,36-37H,6,8,10-12,14,16-22H2,1-2H3,(H,39,40)/t24?,25?,27?,28-/m0/s1. The van der Waals surface area contributed by atoms with E-state index in [2.05, 4.69) is 17.5 Å². The van der Waals surface area contributed by atoms with E-state index in [1.54, 1.807) is 9.80 Å². The van der Waals surface area contributed by atoms with Crippen LogP contribution in [0.3, 0.4) is 0 Å². The third-order valence-corrected chi connectivity index (χ3v) is 7.68. The van der Waals surface area contributed by atoms with Gasteiger partial charge in [-0.3, -0.25) is 19.3 Å². The second kappa shape index (κ2) is 16.5. The summed E-state index contributed by atoms with van der Waals surface area (Å²) >= 11 is 0. The molecular weight excluding hydrogens is 524 g/mol. The van der Waals surface area contributed by atoms with Crippen LogP contribution in [-0.2, 0) is 14.4 Å². The van der Waals surface area contributed by atoms with E-state index < -0.39 is 30.9 Å². The van der Waals surface area contributed by atoms with Crippen LogP contribution in [0.25, 0.3) is 0 Å². The van der Waals surface area contributed by atoms with Gasteiger partial charge in [-0.15, -0.1) is 0 Å². The summed E-state index contributed by atoms with van der Waals surface area (Å²) in [5.74, 6) is -1.71. The van der Waals surface area contributed by atoms with Crippen molar-refractivity contribution < 1.29 is 29.7 Å². The number of carbonyl (C=O) groups is 3. The lowest BCUT2D eigenvalue weighted by atomic mass is 9.93. The topological polar surface area (TPSA) is 134 Å². The predicted molar refractivity (Wildman–Crippen MR) is 157 cm³/mol. The number of carbonyl (C=O) groups excluding carboxylic acids is 2. The number of hydrogen-bond acceptors (Lipinski definition) is 7. The van der Waals surface area contributed by atoms with Crippen LogP contribution in [0.2, 0.25) is 0 Å². The van der Waals surface area contributed by atoms with E-state index in [4.69, 9.17) is 0 Å². The molecule has 0 saturated heterocycles. The van der Waals surface area contributed by atoms with Gasteiger partial charge in [-0.05, 0) is 62.9 Å². The van der Waals surface area contributed by atoms with Crippen molar-refractivity contribution in [2.45, 2.75) is 71.2 Å². The average Bonchev–Trinajstić information content (AvgIpc) is 3.47. The maximum Gasteiger partial charge on any atom is 0.323 e. The Labute approximate surface area is 244 Å². The first-order valence-corrected chi connectivity index (χ1v) is 14.9. The molecule has 41 heavy (non-hydrogen) atoms. The maximum absolute atomic E-state index is 13.5. The van der Waals surface area contributed by atoms with E-state index >= 15 is 0 Å². The number of carboxylic acid groups (broad SMARTS) is 1. The Morgan fingerprint density at radius 2 is 1.73 bits per heavy atom. The second-order valence-corrected chi connectivity index (χ2v) is 11.8. The molecular formula is C31H48N4O6. The molecule has 0 fully saturated rings. The van der Waals surface area contributed by atoms with Crippen LogP contribution >= 0.6 is 0 Å². The molecule has 0 heterocycles. The number of rotatable bonds is 16. The summed E-state index contributed by atoms with van der Waals surface area (Å²) in [6.07, 6.45) is 17.7. The Kier molecular flexibility index (Phi) is 13.1. The number of carboxylic acids is 1. The molecule has 3 aliphatic carbocycles. The Morgan fingerprint density at radius 1 is 0.951 bits per heavy atom. The minimum Gasteiger partial charge on any atom is -0.480 e. The van der Waals surface area contributed by atoms with Crippen LogP contribution < -0.4 is 5.32 Å². The molecule has 0 bridgehead atoms. The molecule has 0 saturated carbocycles. The molecule has 2 amide bonds. The molecule has 3 aliphatic rings. The van der Waals surface area contributed by atoms with Gasteiger partial charge in [0.05, 0.1) is 19.0 Å². The van der Waals surface area contributed by atoms with Gasteiger partial charge in [0.25, 0.3) is 0 Å². The SMILES string of the molecule is CC(C)CN(CC(O)NC1=CC=CCC1)[C@@H](O)CN(CC(=O)O)C(=O)CN(CC1CC=CCC1)C(=O)C1C=CCC1. The van der Waals surface area contributed by atoms with Gasteiger partial charge < -0.3 is 30.4 Å². The summed E-state index contributed by atoms with van der Waals surface area (Å²) in [5.41, 5.74) is 0.900. The summed E-state index contributed by atoms with van der Waals surface area (Å²) in [6, 6.07) is 0. The van der Waals surface area contributed by atoms with E-state index in [1.165, 1.54) is 0 Å². The number of aliphatic carboxylic acids is 1. The number of nitrogens with zero attached hydrogens (tertiary/aromatic N) is 3. The zero-order valence-electron chi connectivity index (χ0n) is 24.5. The molecule has 228 valence electrons. The Hall–Kier alpha value is -2.95. The minimum atomic E-state index is -1.21. The summed E-state index contributed by atoms with van der Waals surface area (Å²) in [5, 5.41) is 34.6. The molecule has 10 heteroatoms. The lowest BCUT2D eigenvalue weighted by Crippen LogP contribution is -2.54. The molecule has 0 spiro atoms. The van der Waals surface area contributed by atoms with Gasteiger partial charge in [-0.25, -0.2) is 0 Å². The summed E-state index contributed by atoms with van der Waals surface area (Å²) in [6.45, 7) is 3.83. The first-order valence-electron chi connectivity index (χ1n) is 14.9. The fraction of sp³-hybridized carbons (Fsp3) is 0.645. The smallest absolute Gasteiger partial charge is 0.323 e. The highest BCUT2D eigenvalue weighted by molar-refractivity contribution is 5.88. The Bertz CT molecular complexity index is 1010. The third kappa shape index (κ3) is 11.1. The summed E-state index contributed by atoms with van der Waals surface area (Å²) in [4.78, 5) is 43.0. The van der Waals surface area contributed by atoms with E-state index in [0.717, 1.165) is 49.1 Å². The average molecular weight is 573 g/mol. The number of amides is 2. The van der Waals surface area contributed by atoms with E-state index in [0.29, 0.717) is 19.5 Å². The number of aliphatic hydroxyl groups is 2. The van der Waals surface area contributed by atoms with Crippen LogP contribution in [-0.4, -0.2) is 99.5 Å². The molecule has 3 unspecified atom stereocenters. The molecule has 3 rings (SSSR count). The molecule has 4 atom stereocenters. The number of nitrogens with one attached hydrogen (secondary N) is 1. The zero-order chi connectivity index (χ0) is 29.8. The van der Waals surface area contributed by atoms with Crippen molar-refractivity contribution >= 4 is 17.8 Å². The number of allylic oxidation sites excluding steroid dienone is 7. The highest BCUT2D eigenvalue weighted by Crippen LogP contribution is 2.24. The van der Waals surface area contributed by atoms with E-state index in [1.807, 2.05) is 44.2 Å². The lowest BCUT2D eigenvalue weighted by Gasteiger charge is -2.36. The molecule has 0 radical (unpaired) electrons. The highest BCUT2D eigenvalue weighted by Gasteiger charge is 2.31. The van der Waals surface area contributed by atoms with Gasteiger partial charge in [0, 0.05) is 25.3 Å². The van der Waals surface area contributed by atoms with E-state index in [9.17, 15) is 29.7 Å². The molecule has 0 aliphatic heterocycles. The minimum absolute atomic E-state index is 0.0866. The fourth-order valence-corrected chi connectivity index (χ4v) is 5.62. The highest BCUT2D eigenvalue weighted by atomic mass is 16.4. The van der Waals surface area contributed by atoms with Crippen LogP contribution in [0.1, 0.15) is 58.8 Å². The largest absolute Gasteiger partial charge is 0.480 e. The van der Waals surface area contributed by atoms with Crippen LogP contribution in [0.5, 0.6) is 0 Å². The van der Waals surface area contributed by atoms with Crippen LogP contribution in [0.4, 0.5) is 0 Å². The monoisotopic (exact) mass is 572 g/mol. The van der Waals surface area contributed by atoms with Crippen molar-refractivity contribution in [2.24, 2.45) is 17.8 Å². The molecule has 0 aromatic rings. The summed E-state index contributed by atoms with van der Waals surface area (Å²) in [7, 11) is 0. The fourth-order valence-electron chi connectivity index (χ4n) is 5.62. The maximum atomic E-state index is 13.5. The van der Waals surface area contributed by atoms with Gasteiger partial charge >= 0.3 is 5.97 Å². The molecule has 0 aromatic carbocycles. The Balaban J connectivity index is 1.70. The van der Waals surface area contributed by atoms with Crippen molar-refractivity contribution in [3.8, 4) is 0 Å². The van der Waals surface area contributed by atoms with Crippen molar-refractivity contribution in [3.05, 3.63) is 48.2 Å². The van der Waals surface area contributed by atoms with Gasteiger partial charge in [0.1, 0.15) is 19.0 Å². The lowest BCUT2D eigenvalue weighted by molar-refractivity contribution is -0.150. The Morgan fingerprint density at radius 3 is 2.34 bits per heavy atom.